The van der Waals surface area contributed by atoms with Crippen molar-refractivity contribution in [2.45, 2.75) is 53.4 Å². The van der Waals surface area contributed by atoms with Crippen molar-refractivity contribution in [1.82, 2.24) is 0 Å². The number of hydrogen-bond donors (Lipinski definition) is 0. The second kappa shape index (κ2) is 12.8. The van der Waals surface area contributed by atoms with E-state index in [0.29, 0.717) is 105 Å². The third-order valence-corrected chi connectivity index (χ3v) is 15.3. The van der Waals surface area contributed by atoms with Crippen molar-refractivity contribution in [1.29, 1.82) is 0 Å². The van der Waals surface area contributed by atoms with E-state index < -0.39 is 15.2 Å². The quantitative estimate of drug-likeness (QED) is 0.157. The molecule has 0 amide bonds. The zero-order valence-electron chi connectivity index (χ0n) is 32.3. The van der Waals surface area contributed by atoms with Gasteiger partial charge in [-0.25, -0.2) is 9.13 Å². The molecule has 0 spiro atoms. The second-order valence-electron chi connectivity index (χ2n) is 15.5. The Morgan fingerprint density at radius 2 is 0.603 bits per heavy atom. The molecule has 58 heavy (non-hydrogen) atoms. The first-order chi connectivity index (χ1) is 28.1. The summed E-state index contributed by atoms with van der Waals surface area (Å²) >= 11 is 0. The van der Waals surface area contributed by atoms with Crippen molar-refractivity contribution in [3.63, 3.8) is 0 Å². The molecule has 4 aliphatic heterocycles. The standard InChI is InChI=1S/C46H38O10P2/c1-25-39-29-15-30-18-35-22-36-20-32-16-31-19-34-21-33(17-29)43(25)53-57(47,37-11-7-5-8-12-37)54-44(34)27(3)41(31)51-24-52-42(32)28(4)46(36)56-58(48,38-13-9-6-10-14-38)55-45(35)26(2)40(30)50-23-49-39/h5-14,17-20H,15-16,21-24H2,1-4H3. The molecule has 0 aromatic heterocycles. The molecule has 0 atom stereocenters. The molecule has 292 valence electrons. The van der Waals surface area contributed by atoms with Gasteiger partial charge >= 0.3 is 15.2 Å². The molecular weight excluding hydrogens is 774 g/mol. The van der Waals surface area contributed by atoms with Gasteiger partial charge in [-0.2, -0.15) is 0 Å². The molecule has 0 N–H and O–H groups in total. The highest BCUT2D eigenvalue weighted by Gasteiger charge is 2.41. The molecule has 1 aliphatic carbocycles. The molecule has 0 radical (unpaired) electrons. The minimum atomic E-state index is -4.05. The zero-order valence-corrected chi connectivity index (χ0v) is 34.1. The summed E-state index contributed by atoms with van der Waals surface area (Å²) < 4.78 is 82.9. The van der Waals surface area contributed by atoms with E-state index in [-0.39, 0.29) is 13.6 Å². The van der Waals surface area contributed by atoms with Crippen LogP contribution in [0.1, 0.15) is 66.8 Å². The van der Waals surface area contributed by atoms with Crippen molar-refractivity contribution in [3.05, 3.63) is 152 Å². The first-order valence-corrected chi connectivity index (χ1v) is 22.4. The normalized spacial score (nSPS) is 17.0. The van der Waals surface area contributed by atoms with E-state index in [1.165, 1.54) is 0 Å². The Hall–Kier alpha value is -5.82. The fourth-order valence-electron chi connectivity index (χ4n) is 9.13. The van der Waals surface area contributed by atoms with Gasteiger partial charge in [0.05, 0.1) is 10.6 Å². The summed E-state index contributed by atoms with van der Waals surface area (Å²) in [7, 11) is -8.10. The molecule has 10 nitrogen and oxygen atoms in total. The average molecular weight is 813 g/mol. The SMILES string of the molecule is Cc1c2c3cc4c1OP(=O)(c1ccccc1)Oc1c(cc5c(c1C)OCOc1c(cc6c(c1C)OP(=O)(c1ccccc1)Oc1c(cc(c(c1C)OCO2)C3)C6)C5)C4. The van der Waals surface area contributed by atoms with Crippen LogP contribution in [-0.4, -0.2) is 13.6 Å². The minimum absolute atomic E-state index is 0.124. The number of rotatable bonds is 2. The maximum atomic E-state index is 15.3. The molecule has 8 bridgehead atoms. The van der Waals surface area contributed by atoms with Gasteiger partial charge in [0.2, 0.25) is 13.6 Å². The van der Waals surface area contributed by atoms with Crippen LogP contribution >= 0.6 is 15.2 Å². The van der Waals surface area contributed by atoms with Crippen molar-refractivity contribution < 1.29 is 46.2 Å². The van der Waals surface area contributed by atoms with E-state index in [0.717, 1.165) is 44.5 Å². The fraction of sp³-hybridized carbons (Fsp3) is 0.217. The summed E-state index contributed by atoms with van der Waals surface area (Å²) in [6.45, 7) is 7.45. The summed E-state index contributed by atoms with van der Waals surface area (Å²) in [4.78, 5) is 0. The molecule has 4 heterocycles. The largest absolute Gasteiger partial charge is 0.462 e. The van der Waals surface area contributed by atoms with Crippen LogP contribution in [0.25, 0.3) is 0 Å². The Labute approximate surface area is 335 Å². The van der Waals surface area contributed by atoms with Crippen molar-refractivity contribution in [2.24, 2.45) is 0 Å². The number of benzene rings is 6. The monoisotopic (exact) mass is 812 g/mol. The van der Waals surface area contributed by atoms with Gasteiger partial charge in [0.25, 0.3) is 0 Å². The first-order valence-electron chi connectivity index (χ1n) is 19.3. The molecule has 0 fully saturated rings. The van der Waals surface area contributed by atoms with Crippen LogP contribution in [-0.2, 0) is 34.8 Å². The lowest BCUT2D eigenvalue weighted by molar-refractivity contribution is 0.113. The van der Waals surface area contributed by atoms with E-state index in [1.807, 2.05) is 64.1 Å². The Morgan fingerprint density at radius 1 is 0.362 bits per heavy atom. The maximum absolute atomic E-state index is 15.3. The van der Waals surface area contributed by atoms with Gasteiger partial charge < -0.3 is 37.0 Å². The predicted octanol–water partition coefficient (Wildman–Crippen LogP) is 9.63. The molecule has 0 saturated heterocycles. The van der Waals surface area contributed by atoms with Crippen LogP contribution in [0.5, 0.6) is 46.0 Å². The summed E-state index contributed by atoms with van der Waals surface area (Å²) in [6, 6.07) is 26.5. The van der Waals surface area contributed by atoms with E-state index in [2.05, 4.69) is 24.3 Å². The van der Waals surface area contributed by atoms with Crippen LogP contribution in [0.4, 0.5) is 0 Å². The number of ether oxygens (including phenoxy) is 4. The molecule has 12 heteroatoms. The highest BCUT2D eigenvalue weighted by Crippen LogP contribution is 2.59. The smallest absolute Gasteiger partial charge is 0.457 e. The van der Waals surface area contributed by atoms with Gasteiger partial charge in [0, 0.05) is 70.2 Å². The molecule has 0 unspecified atom stereocenters. The molecule has 0 saturated carbocycles. The van der Waals surface area contributed by atoms with Gasteiger partial charge in [-0.15, -0.1) is 0 Å². The van der Waals surface area contributed by atoms with Crippen LogP contribution in [0, 0.1) is 27.7 Å². The lowest BCUT2D eigenvalue weighted by Gasteiger charge is -2.33. The van der Waals surface area contributed by atoms with Gasteiger partial charge in [-0.3, -0.25) is 0 Å². The maximum Gasteiger partial charge on any atom is 0.462 e. The zero-order chi connectivity index (χ0) is 39.5. The lowest BCUT2D eigenvalue weighted by Crippen LogP contribution is -2.22. The molecule has 11 rings (SSSR count). The molecule has 5 aliphatic rings. The Kier molecular flexibility index (Phi) is 7.83. The second-order valence-corrected chi connectivity index (χ2v) is 19.2. The topological polar surface area (TPSA) is 108 Å². The predicted molar refractivity (Wildman–Crippen MR) is 218 cm³/mol. The summed E-state index contributed by atoms with van der Waals surface area (Å²) in [5.74, 6) is 4.17. The van der Waals surface area contributed by atoms with Crippen LogP contribution < -0.4 is 47.7 Å². The lowest BCUT2D eigenvalue weighted by atomic mass is 9.88. The van der Waals surface area contributed by atoms with Crippen molar-refractivity contribution in [2.75, 3.05) is 13.6 Å². The highest BCUT2D eigenvalue weighted by molar-refractivity contribution is 7.63. The average Bonchev–Trinajstić information content (AvgIpc) is 3.19. The van der Waals surface area contributed by atoms with E-state index >= 15 is 9.13 Å². The highest BCUT2D eigenvalue weighted by atomic mass is 31.2. The van der Waals surface area contributed by atoms with E-state index in [4.69, 9.17) is 37.0 Å². The van der Waals surface area contributed by atoms with Gasteiger partial charge in [-0.1, -0.05) is 36.4 Å². The van der Waals surface area contributed by atoms with Crippen LogP contribution in [0.15, 0.2) is 84.9 Å². The Morgan fingerprint density at radius 3 is 0.862 bits per heavy atom. The minimum Gasteiger partial charge on any atom is -0.457 e. The van der Waals surface area contributed by atoms with E-state index in [1.54, 1.807) is 24.3 Å². The molecule has 6 aromatic carbocycles. The third kappa shape index (κ3) is 5.38. The third-order valence-electron chi connectivity index (χ3n) is 11.8. The summed E-state index contributed by atoms with van der Waals surface area (Å²) in [5.41, 5.74) is 9.85. The summed E-state index contributed by atoms with van der Waals surface area (Å²) in [5, 5.41) is 0.842. The van der Waals surface area contributed by atoms with Crippen molar-refractivity contribution >= 4 is 25.8 Å². The number of hydrogen-bond acceptors (Lipinski definition) is 10. The van der Waals surface area contributed by atoms with Gasteiger partial charge in [0.1, 0.15) is 46.0 Å². The van der Waals surface area contributed by atoms with Crippen molar-refractivity contribution in [3.8, 4) is 46.0 Å². The Balaban J connectivity index is 1.23. The van der Waals surface area contributed by atoms with E-state index in [9.17, 15) is 0 Å². The van der Waals surface area contributed by atoms with Gasteiger partial charge in [0.15, 0.2) is 0 Å². The Bertz CT molecular complexity index is 2520. The first kappa shape index (κ1) is 35.4. The molecular formula is C46H38O10P2. The van der Waals surface area contributed by atoms with Crippen LogP contribution in [0.3, 0.4) is 0 Å². The fourth-order valence-corrected chi connectivity index (χ4v) is 12.7. The van der Waals surface area contributed by atoms with Gasteiger partial charge in [-0.05, 0) is 98.5 Å². The van der Waals surface area contributed by atoms with Crippen LogP contribution in [0.2, 0.25) is 0 Å². The summed E-state index contributed by atoms with van der Waals surface area (Å²) in [6.07, 6.45) is 1.75. The molecule has 6 aromatic rings.